The molecule has 0 bridgehead atoms. The van der Waals surface area contributed by atoms with E-state index >= 15 is 0 Å². The summed E-state index contributed by atoms with van der Waals surface area (Å²) in [5.41, 5.74) is 0. The Balaban J connectivity index is 2.71. The number of nitrogens with zero attached hydrogens (tertiary/aromatic N) is 1. The standard InChI is InChI=1S/C7H12BNO4/c1-8(13)9-4-5(10)2-3-6(9)7(11)12/h6,13H,2-4H2,1H3,(H,11,12). The monoisotopic (exact) mass is 185 g/mol. The highest BCUT2D eigenvalue weighted by molar-refractivity contribution is 6.46. The Morgan fingerprint density at radius 2 is 2.31 bits per heavy atom. The Labute approximate surface area is 76.5 Å². The van der Waals surface area contributed by atoms with Gasteiger partial charge in [0.25, 0.3) is 0 Å². The summed E-state index contributed by atoms with van der Waals surface area (Å²) in [6.45, 7) is 1.50. The van der Waals surface area contributed by atoms with Crippen LogP contribution in [0.4, 0.5) is 0 Å². The summed E-state index contributed by atoms with van der Waals surface area (Å²) in [5.74, 6) is -0.994. The molecule has 1 rings (SSSR count). The van der Waals surface area contributed by atoms with Crippen LogP contribution in [0, 0.1) is 0 Å². The van der Waals surface area contributed by atoms with Gasteiger partial charge in [0.05, 0.1) is 0 Å². The number of piperidine rings is 1. The maximum absolute atomic E-state index is 11.0. The van der Waals surface area contributed by atoms with Crippen LogP contribution in [-0.4, -0.2) is 46.3 Å². The number of ketones is 1. The number of carbonyl (C=O) groups is 2. The van der Waals surface area contributed by atoms with Gasteiger partial charge in [0.15, 0.2) is 0 Å². The summed E-state index contributed by atoms with van der Waals surface area (Å²) in [7, 11) is -0.884. The summed E-state index contributed by atoms with van der Waals surface area (Å²) in [4.78, 5) is 23.0. The molecule has 0 aromatic carbocycles. The van der Waals surface area contributed by atoms with Gasteiger partial charge in [0.1, 0.15) is 11.8 Å². The Morgan fingerprint density at radius 3 is 2.77 bits per heavy atom. The van der Waals surface area contributed by atoms with E-state index in [2.05, 4.69) is 0 Å². The van der Waals surface area contributed by atoms with E-state index in [0.717, 1.165) is 0 Å². The molecule has 0 aliphatic carbocycles. The fraction of sp³-hybridized carbons (Fsp3) is 0.714. The molecule has 0 aromatic heterocycles. The first kappa shape index (κ1) is 10.2. The number of carbonyl (C=O) groups excluding carboxylic acids is 1. The molecule has 1 atom stereocenters. The topological polar surface area (TPSA) is 77.8 Å². The minimum absolute atomic E-state index is 0.0154. The molecule has 2 N–H and O–H groups in total. The summed E-state index contributed by atoms with van der Waals surface area (Å²) in [6, 6.07) is -0.724. The number of rotatable bonds is 2. The van der Waals surface area contributed by atoms with Gasteiger partial charge in [-0.1, -0.05) is 0 Å². The highest BCUT2D eigenvalue weighted by atomic mass is 16.4. The van der Waals surface area contributed by atoms with E-state index in [-0.39, 0.29) is 12.3 Å². The number of carboxylic acid groups (broad SMARTS) is 1. The molecule has 1 saturated heterocycles. The van der Waals surface area contributed by atoms with Crippen LogP contribution >= 0.6 is 0 Å². The van der Waals surface area contributed by atoms with Gasteiger partial charge < -0.3 is 10.1 Å². The summed E-state index contributed by atoms with van der Waals surface area (Å²) in [6.07, 6.45) is 0.583. The van der Waals surface area contributed by atoms with Crippen LogP contribution < -0.4 is 0 Å². The van der Waals surface area contributed by atoms with Crippen LogP contribution in [0.15, 0.2) is 0 Å². The van der Waals surface area contributed by atoms with Gasteiger partial charge >= 0.3 is 13.0 Å². The van der Waals surface area contributed by atoms with Crippen LogP contribution in [0.5, 0.6) is 0 Å². The van der Waals surface area contributed by atoms with Gasteiger partial charge in [-0.15, -0.1) is 0 Å². The van der Waals surface area contributed by atoms with E-state index in [1.54, 1.807) is 0 Å². The fourth-order valence-corrected chi connectivity index (χ4v) is 1.51. The third-order valence-electron chi connectivity index (χ3n) is 2.22. The Morgan fingerprint density at radius 1 is 1.69 bits per heavy atom. The van der Waals surface area contributed by atoms with Crippen molar-refractivity contribution in [1.29, 1.82) is 0 Å². The Bertz CT molecular complexity index is 231. The lowest BCUT2D eigenvalue weighted by Gasteiger charge is -2.32. The van der Waals surface area contributed by atoms with E-state index in [1.807, 2.05) is 0 Å². The van der Waals surface area contributed by atoms with Crippen LogP contribution in [-0.2, 0) is 9.59 Å². The van der Waals surface area contributed by atoms with E-state index in [0.29, 0.717) is 12.8 Å². The predicted molar refractivity (Wildman–Crippen MR) is 46.2 cm³/mol. The van der Waals surface area contributed by atoms with Crippen LogP contribution in [0.25, 0.3) is 0 Å². The minimum atomic E-state index is -0.978. The first-order chi connectivity index (χ1) is 6.02. The van der Waals surface area contributed by atoms with E-state index < -0.39 is 19.1 Å². The van der Waals surface area contributed by atoms with Gasteiger partial charge in [-0.25, -0.2) is 0 Å². The van der Waals surface area contributed by atoms with E-state index in [1.165, 1.54) is 11.6 Å². The van der Waals surface area contributed by atoms with Gasteiger partial charge in [0.2, 0.25) is 0 Å². The summed E-state index contributed by atoms with van der Waals surface area (Å²) in [5, 5.41) is 18.0. The average Bonchev–Trinajstić information content (AvgIpc) is 2.03. The predicted octanol–water partition coefficient (Wildman–Crippen LogP) is -0.785. The average molecular weight is 185 g/mol. The van der Waals surface area contributed by atoms with Crippen LogP contribution in [0.1, 0.15) is 12.8 Å². The van der Waals surface area contributed by atoms with Crippen molar-refractivity contribution in [2.45, 2.75) is 25.7 Å². The summed E-state index contributed by atoms with van der Waals surface area (Å²) >= 11 is 0. The molecule has 13 heavy (non-hydrogen) atoms. The molecule has 5 nitrogen and oxygen atoms in total. The molecule has 1 fully saturated rings. The van der Waals surface area contributed by atoms with Crippen molar-refractivity contribution in [3.63, 3.8) is 0 Å². The van der Waals surface area contributed by atoms with Crippen molar-refractivity contribution >= 4 is 18.8 Å². The third-order valence-corrected chi connectivity index (χ3v) is 2.22. The third kappa shape index (κ3) is 2.29. The molecule has 1 heterocycles. The molecule has 1 aliphatic rings. The fourth-order valence-electron chi connectivity index (χ4n) is 1.51. The molecular weight excluding hydrogens is 173 g/mol. The molecule has 6 heteroatoms. The molecule has 0 spiro atoms. The summed E-state index contributed by atoms with van der Waals surface area (Å²) < 4.78 is 0. The molecule has 1 aliphatic heterocycles. The van der Waals surface area contributed by atoms with Crippen molar-refractivity contribution in [2.24, 2.45) is 0 Å². The second kappa shape index (κ2) is 3.89. The van der Waals surface area contributed by atoms with Crippen molar-refractivity contribution in [1.82, 2.24) is 4.81 Å². The molecule has 0 saturated carbocycles. The lowest BCUT2D eigenvalue weighted by atomic mass is 9.79. The van der Waals surface area contributed by atoms with E-state index in [9.17, 15) is 14.6 Å². The molecule has 0 aromatic rings. The molecule has 0 radical (unpaired) electrons. The highest BCUT2D eigenvalue weighted by Crippen LogP contribution is 2.15. The molecule has 1 unspecified atom stereocenters. The lowest BCUT2D eigenvalue weighted by molar-refractivity contribution is -0.143. The largest absolute Gasteiger partial charge is 0.480 e. The molecule has 72 valence electrons. The van der Waals surface area contributed by atoms with Crippen molar-refractivity contribution in [3.8, 4) is 0 Å². The number of aliphatic carboxylic acids is 1. The highest BCUT2D eigenvalue weighted by Gasteiger charge is 2.35. The maximum atomic E-state index is 11.0. The number of Topliss-reactive ketones (excluding diaryl/α,β-unsaturated/α-hetero) is 1. The van der Waals surface area contributed by atoms with E-state index in [4.69, 9.17) is 5.11 Å². The quantitative estimate of drug-likeness (QED) is 0.551. The second-order valence-corrected chi connectivity index (χ2v) is 3.24. The normalized spacial score (nSPS) is 24.5. The van der Waals surface area contributed by atoms with Gasteiger partial charge in [-0.2, -0.15) is 0 Å². The SMILES string of the molecule is CB(O)N1CC(=O)CCC1C(=O)O. The van der Waals surface area contributed by atoms with Gasteiger partial charge in [0, 0.05) is 13.0 Å². The smallest absolute Gasteiger partial charge is 0.377 e. The zero-order valence-corrected chi connectivity index (χ0v) is 7.43. The van der Waals surface area contributed by atoms with Crippen LogP contribution in [0.3, 0.4) is 0 Å². The van der Waals surface area contributed by atoms with Crippen molar-refractivity contribution in [3.05, 3.63) is 0 Å². The van der Waals surface area contributed by atoms with Gasteiger partial charge in [-0.05, 0) is 13.2 Å². The van der Waals surface area contributed by atoms with Crippen LogP contribution in [0.2, 0.25) is 6.82 Å². The minimum Gasteiger partial charge on any atom is -0.480 e. The molecule has 0 amide bonds. The lowest BCUT2D eigenvalue weighted by Crippen LogP contribution is -2.54. The zero-order valence-electron chi connectivity index (χ0n) is 7.43. The second-order valence-electron chi connectivity index (χ2n) is 3.24. The molecular formula is C7H12BNO4. The first-order valence-electron chi connectivity index (χ1n) is 4.20. The number of carboxylic acids is 1. The zero-order chi connectivity index (χ0) is 10.0. The van der Waals surface area contributed by atoms with Crippen molar-refractivity contribution in [2.75, 3.05) is 6.54 Å². The van der Waals surface area contributed by atoms with Gasteiger partial charge in [-0.3, -0.25) is 14.4 Å². The number of hydrogen-bond acceptors (Lipinski definition) is 4. The first-order valence-corrected chi connectivity index (χ1v) is 4.20. The maximum Gasteiger partial charge on any atom is 0.377 e. The Hall–Kier alpha value is -0.875. The number of hydrogen-bond donors (Lipinski definition) is 2. The van der Waals surface area contributed by atoms with Crippen molar-refractivity contribution < 1.29 is 19.7 Å². The Kier molecular flexibility index (Phi) is 3.05.